The van der Waals surface area contributed by atoms with Crippen molar-refractivity contribution in [3.8, 4) is 0 Å². The lowest BCUT2D eigenvalue weighted by Crippen LogP contribution is -2.41. The molecule has 0 spiro atoms. The van der Waals surface area contributed by atoms with E-state index >= 15 is 0 Å². The smallest absolute Gasteiger partial charge is 0.326 e. The highest BCUT2D eigenvalue weighted by Crippen LogP contribution is 2.42. The van der Waals surface area contributed by atoms with Gasteiger partial charge in [0.2, 0.25) is 0 Å². The Balaban J connectivity index is 2.18. The number of amides is 1. The Bertz CT molecular complexity index is 563. The van der Waals surface area contributed by atoms with E-state index in [0.29, 0.717) is 17.9 Å². The molecule has 2 unspecified atom stereocenters. The van der Waals surface area contributed by atoms with Gasteiger partial charge in [0.1, 0.15) is 6.04 Å². The molecular formula is C17H27N3O3. The van der Waals surface area contributed by atoms with Crippen molar-refractivity contribution in [3.63, 3.8) is 0 Å². The van der Waals surface area contributed by atoms with Gasteiger partial charge in [-0.15, -0.1) is 0 Å². The Labute approximate surface area is 137 Å². The second-order valence-corrected chi connectivity index (χ2v) is 6.43. The van der Waals surface area contributed by atoms with Crippen LogP contribution in [0.4, 0.5) is 0 Å². The Morgan fingerprint density at radius 3 is 2.65 bits per heavy atom. The second kappa shape index (κ2) is 7.62. The molecule has 1 saturated carbocycles. The number of carbonyl (C=O) groups is 2. The molecule has 1 aliphatic rings. The molecule has 1 aromatic rings. The molecule has 2 N–H and O–H groups in total. The number of aromatic nitrogens is 2. The molecule has 128 valence electrons. The summed E-state index contributed by atoms with van der Waals surface area (Å²) in [6.45, 7) is 6.18. The monoisotopic (exact) mass is 321 g/mol. The summed E-state index contributed by atoms with van der Waals surface area (Å²) in [6, 6.07) is -0.594. The fraction of sp³-hybridized carbons (Fsp3) is 0.706. The lowest BCUT2D eigenvalue weighted by Gasteiger charge is -2.16. The van der Waals surface area contributed by atoms with Crippen LogP contribution in [-0.4, -0.2) is 32.8 Å². The summed E-state index contributed by atoms with van der Waals surface area (Å²) in [7, 11) is 0. The molecule has 6 heteroatoms. The van der Waals surface area contributed by atoms with Crippen LogP contribution >= 0.6 is 0 Å². The van der Waals surface area contributed by atoms with Crippen LogP contribution in [0.15, 0.2) is 6.20 Å². The number of aliphatic carboxylic acids is 1. The minimum absolute atomic E-state index is 0.238. The molecule has 0 bridgehead atoms. The van der Waals surface area contributed by atoms with E-state index in [1.807, 2.05) is 11.6 Å². The number of nitrogens with zero attached hydrogens (tertiary/aromatic N) is 2. The zero-order valence-corrected chi connectivity index (χ0v) is 14.2. The molecular weight excluding hydrogens is 294 g/mol. The molecule has 2 atom stereocenters. The van der Waals surface area contributed by atoms with Crippen LogP contribution in [0.5, 0.6) is 0 Å². The SMILES string of the molecule is CCCCC(NC(=O)c1cnn(C(C)CC)c1C1CC1)C(=O)O. The number of unbranched alkanes of at least 4 members (excludes halogenated alkanes) is 1. The van der Waals surface area contributed by atoms with Gasteiger partial charge in [-0.25, -0.2) is 4.79 Å². The summed E-state index contributed by atoms with van der Waals surface area (Å²) in [5.41, 5.74) is 1.51. The number of carboxylic acids is 1. The summed E-state index contributed by atoms with van der Waals surface area (Å²) in [4.78, 5) is 23.9. The van der Waals surface area contributed by atoms with Crippen molar-refractivity contribution in [2.45, 2.75) is 77.3 Å². The first-order chi connectivity index (χ1) is 11.0. The van der Waals surface area contributed by atoms with Crippen LogP contribution in [0.25, 0.3) is 0 Å². The molecule has 6 nitrogen and oxygen atoms in total. The van der Waals surface area contributed by atoms with Gasteiger partial charge in [-0.2, -0.15) is 5.10 Å². The van der Waals surface area contributed by atoms with Crippen molar-refractivity contribution in [1.82, 2.24) is 15.1 Å². The van der Waals surface area contributed by atoms with E-state index in [1.54, 1.807) is 6.20 Å². The molecule has 0 aromatic carbocycles. The molecule has 1 aromatic heterocycles. The average molecular weight is 321 g/mol. The van der Waals surface area contributed by atoms with E-state index < -0.39 is 12.0 Å². The zero-order valence-electron chi connectivity index (χ0n) is 14.2. The maximum Gasteiger partial charge on any atom is 0.326 e. The van der Waals surface area contributed by atoms with Gasteiger partial charge in [0.25, 0.3) is 5.91 Å². The molecule has 1 fully saturated rings. The lowest BCUT2D eigenvalue weighted by atomic mass is 10.1. The first-order valence-corrected chi connectivity index (χ1v) is 8.60. The molecule has 1 amide bonds. The number of carboxylic acid groups (broad SMARTS) is 1. The van der Waals surface area contributed by atoms with E-state index in [0.717, 1.165) is 37.8 Å². The van der Waals surface area contributed by atoms with Gasteiger partial charge in [0, 0.05) is 12.0 Å². The average Bonchev–Trinajstić information content (AvgIpc) is 3.28. The predicted molar refractivity (Wildman–Crippen MR) is 87.6 cm³/mol. The fourth-order valence-corrected chi connectivity index (χ4v) is 2.74. The number of hydrogen-bond acceptors (Lipinski definition) is 3. The third-order valence-electron chi connectivity index (χ3n) is 4.50. The standard InChI is InChI=1S/C17H27N3O3/c1-4-6-7-14(17(22)23)19-16(21)13-10-18-20(11(3)5-2)15(13)12-8-9-12/h10-12,14H,4-9H2,1-3H3,(H,19,21)(H,22,23). The number of carbonyl (C=O) groups excluding carboxylic acids is 1. The second-order valence-electron chi connectivity index (χ2n) is 6.43. The third kappa shape index (κ3) is 4.12. The van der Waals surface area contributed by atoms with Gasteiger partial charge < -0.3 is 10.4 Å². The third-order valence-corrected chi connectivity index (χ3v) is 4.50. The van der Waals surface area contributed by atoms with Crippen LogP contribution in [0.3, 0.4) is 0 Å². The van der Waals surface area contributed by atoms with Crippen molar-refractivity contribution >= 4 is 11.9 Å². The maximum atomic E-state index is 12.6. The highest BCUT2D eigenvalue weighted by Gasteiger charge is 2.34. The molecule has 23 heavy (non-hydrogen) atoms. The number of rotatable bonds is 9. The summed E-state index contributed by atoms with van der Waals surface area (Å²) < 4.78 is 1.94. The Morgan fingerprint density at radius 1 is 1.43 bits per heavy atom. The topological polar surface area (TPSA) is 84.2 Å². The van der Waals surface area contributed by atoms with E-state index in [1.165, 1.54) is 0 Å². The summed E-state index contributed by atoms with van der Waals surface area (Å²) in [5, 5.41) is 16.3. The molecule has 0 saturated heterocycles. The highest BCUT2D eigenvalue weighted by molar-refractivity contribution is 5.97. The van der Waals surface area contributed by atoms with Gasteiger partial charge in [0.05, 0.1) is 17.5 Å². The normalized spacial score (nSPS) is 16.8. The molecule has 0 aliphatic heterocycles. The van der Waals surface area contributed by atoms with Crippen molar-refractivity contribution in [2.75, 3.05) is 0 Å². The predicted octanol–water partition coefficient (Wildman–Crippen LogP) is 3.10. The largest absolute Gasteiger partial charge is 0.480 e. The Morgan fingerprint density at radius 2 is 2.13 bits per heavy atom. The number of nitrogens with one attached hydrogen (secondary N) is 1. The van der Waals surface area contributed by atoms with E-state index in [9.17, 15) is 14.7 Å². The molecule has 0 radical (unpaired) electrons. The first-order valence-electron chi connectivity index (χ1n) is 8.60. The van der Waals surface area contributed by atoms with Gasteiger partial charge >= 0.3 is 5.97 Å². The maximum absolute atomic E-state index is 12.6. The molecule has 1 heterocycles. The van der Waals surface area contributed by atoms with Crippen LogP contribution in [0.1, 0.15) is 87.3 Å². The number of hydrogen-bond donors (Lipinski definition) is 2. The van der Waals surface area contributed by atoms with Crippen molar-refractivity contribution in [2.24, 2.45) is 0 Å². The van der Waals surface area contributed by atoms with E-state index in [2.05, 4.69) is 24.3 Å². The van der Waals surface area contributed by atoms with Crippen molar-refractivity contribution < 1.29 is 14.7 Å². The van der Waals surface area contributed by atoms with Gasteiger partial charge in [-0.3, -0.25) is 9.48 Å². The quantitative estimate of drug-likeness (QED) is 0.732. The summed E-state index contributed by atoms with van der Waals surface area (Å²) >= 11 is 0. The molecule has 2 rings (SSSR count). The van der Waals surface area contributed by atoms with Crippen LogP contribution < -0.4 is 5.32 Å². The van der Waals surface area contributed by atoms with Crippen LogP contribution in [0, 0.1) is 0 Å². The summed E-state index contributed by atoms with van der Waals surface area (Å²) in [6.07, 6.45) is 6.80. The Hall–Kier alpha value is -1.85. The fourth-order valence-electron chi connectivity index (χ4n) is 2.74. The highest BCUT2D eigenvalue weighted by atomic mass is 16.4. The van der Waals surface area contributed by atoms with Crippen molar-refractivity contribution in [1.29, 1.82) is 0 Å². The van der Waals surface area contributed by atoms with Gasteiger partial charge in [-0.1, -0.05) is 26.7 Å². The minimum Gasteiger partial charge on any atom is -0.480 e. The minimum atomic E-state index is -0.978. The molecule has 1 aliphatic carbocycles. The van der Waals surface area contributed by atoms with Crippen LogP contribution in [-0.2, 0) is 4.79 Å². The summed E-state index contributed by atoms with van der Waals surface area (Å²) in [5.74, 6) is -0.912. The van der Waals surface area contributed by atoms with E-state index in [-0.39, 0.29) is 11.9 Å². The van der Waals surface area contributed by atoms with Gasteiger partial charge in [0.15, 0.2) is 0 Å². The first kappa shape index (κ1) is 17.5. The lowest BCUT2D eigenvalue weighted by molar-refractivity contribution is -0.139. The van der Waals surface area contributed by atoms with E-state index in [4.69, 9.17) is 0 Å². The van der Waals surface area contributed by atoms with Gasteiger partial charge in [-0.05, 0) is 32.6 Å². The van der Waals surface area contributed by atoms with Crippen LogP contribution in [0.2, 0.25) is 0 Å². The Kier molecular flexibility index (Phi) is 5.80. The van der Waals surface area contributed by atoms with Crippen molar-refractivity contribution in [3.05, 3.63) is 17.5 Å². The zero-order chi connectivity index (χ0) is 17.0.